The fraction of sp³-hybridized carbons (Fsp3) is 0.200. The number of benzene rings is 1. The quantitative estimate of drug-likeness (QED) is 0.864. The molecule has 0 aliphatic heterocycles. The minimum absolute atomic E-state index is 0.0923. The molecule has 2 aromatic rings. The molecule has 0 saturated heterocycles. The number of carbonyl (C=O) groups excluding carboxylic acids is 2. The van der Waals surface area contributed by atoms with Crippen LogP contribution in [-0.4, -0.2) is 25.5 Å². The van der Waals surface area contributed by atoms with Crippen LogP contribution in [0.15, 0.2) is 41.8 Å². The molecule has 1 atom stereocenters. The lowest BCUT2D eigenvalue weighted by Gasteiger charge is -2.15. The first-order chi connectivity index (χ1) is 10.1. The highest BCUT2D eigenvalue weighted by molar-refractivity contribution is 7.12. The predicted octanol–water partition coefficient (Wildman–Crippen LogP) is 2.57. The van der Waals surface area contributed by atoms with E-state index < -0.39 is 11.9 Å². The Labute approximate surface area is 125 Å². The minimum atomic E-state index is -0.667. The molecule has 1 aromatic heterocycles. The van der Waals surface area contributed by atoms with Gasteiger partial charge in [-0.3, -0.25) is 9.59 Å². The molecular formula is C15H14FNO3S. The smallest absolute Gasteiger partial charge is 0.314 e. The van der Waals surface area contributed by atoms with Crippen molar-refractivity contribution in [2.24, 2.45) is 0 Å². The Kier molecular flexibility index (Phi) is 5.05. The minimum Gasteiger partial charge on any atom is -0.468 e. The summed E-state index contributed by atoms with van der Waals surface area (Å²) in [7, 11) is 1.28. The van der Waals surface area contributed by atoms with E-state index in [0.29, 0.717) is 10.4 Å². The number of halogens is 1. The van der Waals surface area contributed by atoms with E-state index in [1.807, 2.05) is 0 Å². The van der Waals surface area contributed by atoms with E-state index in [1.165, 1.54) is 42.7 Å². The van der Waals surface area contributed by atoms with Gasteiger partial charge in [0.15, 0.2) is 0 Å². The van der Waals surface area contributed by atoms with Crippen LogP contribution in [0.4, 0.5) is 4.39 Å². The molecule has 0 aliphatic carbocycles. The number of hydrogen-bond acceptors (Lipinski definition) is 4. The van der Waals surface area contributed by atoms with Crippen molar-refractivity contribution in [2.45, 2.75) is 5.92 Å². The molecule has 1 amide bonds. The average Bonchev–Trinajstić information content (AvgIpc) is 3.03. The summed E-state index contributed by atoms with van der Waals surface area (Å²) in [6.45, 7) is 0.0923. The van der Waals surface area contributed by atoms with Crippen molar-refractivity contribution < 1.29 is 18.7 Å². The zero-order valence-electron chi connectivity index (χ0n) is 11.3. The summed E-state index contributed by atoms with van der Waals surface area (Å²) in [5.74, 6) is -1.78. The lowest BCUT2D eigenvalue weighted by molar-refractivity contribution is -0.142. The monoisotopic (exact) mass is 307 g/mol. The molecule has 0 fully saturated rings. The maximum Gasteiger partial charge on any atom is 0.314 e. The van der Waals surface area contributed by atoms with Gasteiger partial charge >= 0.3 is 5.97 Å². The first-order valence-electron chi connectivity index (χ1n) is 6.27. The van der Waals surface area contributed by atoms with Crippen LogP contribution >= 0.6 is 11.3 Å². The van der Waals surface area contributed by atoms with Gasteiger partial charge in [0.25, 0.3) is 5.91 Å². The largest absolute Gasteiger partial charge is 0.468 e. The van der Waals surface area contributed by atoms with Crippen molar-refractivity contribution in [3.05, 3.63) is 58.0 Å². The number of thiophene rings is 1. The van der Waals surface area contributed by atoms with E-state index >= 15 is 0 Å². The highest BCUT2D eigenvalue weighted by Gasteiger charge is 2.22. The van der Waals surface area contributed by atoms with Crippen LogP contribution in [0.5, 0.6) is 0 Å². The number of ether oxygens (including phenoxy) is 1. The Morgan fingerprint density at radius 2 is 2.00 bits per heavy atom. The molecule has 1 N–H and O–H groups in total. The summed E-state index contributed by atoms with van der Waals surface area (Å²) in [4.78, 5) is 24.3. The third-order valence-corrected chi connectivity index (χ3v) is 3.84. The second-order valence-electron chi connectivity index (χ2n) is 4.31. The van der Waals surface area contributed by atoms with Gasteiger partial charge in [-0.2, -0.15) is 0 Å². The second kappa shape index (κ2) is 6.99. The van der Waals surface area contributed by atoms with Gasteiger partial charge in [-0.1, -0.05) is 18.2 Å². The molecule has 0 saturated carbocycles. The van der Waals surface area contributed by atoms with Crippen molar-refractivity contribution in [1.29, 1.82) is 0 Å². The molecule has 1 aromatic carbocycles. The van der Waals surface area contributed by atoms with Crippen LogP contribution in [-0.2, 0) is 9.53 Å². The summed E-state index contributed by atoms with van der Waals surface area (Å²) in [5.41, 5.74) is 0.592. The van der Waals surface area contributed by atoms with Gasteiger partial charge in [0.2, 0.25) is 0 Å². The molecule has 0 aliphatic rings. The molecule has 4 nitrogen and oxygen atoms in total. The van der Waals surface area contributed by atoms with Crippen LogP contribution < -0.4 is 5.32 Å². The van der Waals surface area contributed by atoms with Crippen LogP contribution in [0.2, 0.25) is 0 Å². The number of methoxy groups -OCH3 is 1. The van der Waals surface area contributed by atoms with Crippen LogP contribution in [0.1, 0.15) is 21.2 Å². The molecule has 1 heterocycles. The summed E-state index contributed by atoms with van der Waals surface area (Å²) >= 11 is 1.32. The number of carbonyl (C=O) groups is 2. The third kappa shape index (κ3) is 3.88. The number of amides is 1. The molecule has 0 unspecified atom stereocenters. The third-order valence-electron chi connectivity index (χ3n) is 2.97. The first-order valence-corrected chi connectivity index (χ1v) is 7.14. The van der Waals surface area contributed by atoms with Crippen LogP contribution in [0.25, 0.3) is 0 Å². The fourth-order valence-corrected chi connectivity index (χ4v) is 2.50. The Hall–Kier alpha value is -2.21. The lowest BCUT2D eigenvalue weighted by Crippen LogP contribution is -2.31. The van der Waals surface area contributed by atoms with Gasteiger partial charge in [-0.25, -0.2) is 4.39 Å². The fourth-order valence-electron chi connectivity index (χ4n) is 1.86. The van der Waals surface area contributed by atoms with E-state index in [0.717, 1.165) is 0 Å². The summed E-state index contributed by atoms with van der Waals surface area (Å²) in [5, 5.41) is 4.49. The summed E-state index contributed by atoms with van der Waals surface area (Å²) < 4.78 is 17.7. The van der Waals surface area contributed by atoms with Crippen molar-refractivity contribution in [2.75, 3.05) is 13.7 Å². The summed E-state index contributed by atoms with van der Waals surface area (Å²) in [6.07, 6.45) is 0. The van der Waals surface area contributed by atoms with Crippen molar-refractivity contribution >= 4 is 23.2 Å². The van der Waals surface area contributed by atoms with Crippen molar-refractivity contribution in [3.63, 3.8) is 0 Å². The molecular weight excluding hydrogens is 293 g/mol. The zero-order chi connectivity index (χ0) is 15.2. The van der Waals surface area contributed by atoms with Gasteiger partial charge in [0.1, 0.15) is 5.82 Å². The molecule has 2 rings (SSSR count). The zero-order valence-corrected chi connectivity index (χ0v) is 12.2. The van der Waals surface area contributed by atoms with E-state index in [1.54, 1.807) is 17.5 Å². The molecule has 21 heavy (non-hydrogen) atoms. The Morgan fingerprint density at radius 1 is 1.29 bits per heavy atom. The highest BCUT2D eigenvalue weighted by Crippen LogP contribution is 2.18. The van der Waals surface area contributed by atoms with Crippen LogP contribution in [0, 0.1) is 5.82 Å². The second-order valence-corrected chi connectivity index (χ2v) is 5.26. The number of hydrogen-bond donors (Lipinski definition) is 1. The average molecular weight is 307 g/mol. The van der Waals surface area contributed by atoms with Gasteiger partial charge < -0.3 is 10.1 Å². The topological polar surface area (TPSA) is 55.4 Å². The number of rotatable bonds is 5. The normalized spacial score (nSPS) is 11.7. The predicted molar refractivity (Wildman–Crippen MR) is 77.8 cm³/mol. The van der Waals surface area contributed by atoms with Crippen LogP contribution in [0.3, 0.4) is 0 Å². The Morgan fingerprint density at radius 3 is 2.57 bits per heavy atom. The van der Waals surface area contributed by atoms with E-state index in [2.05, 4.69) is 5.32 Å². The summed E-state index contributed by atoms with van der Waals surface area (Å²) in [6, 6.07) is 9.03. The Bertz CT molecular complexity index is 610. The SMILES string of the molecule is COC(=O)[C@H](CNC(=O)c1cccs1)c1ccc(F)cc1. The highest BCUT2D eigenvalue weighted by atomic mass is 32.1. The molecule has 6 heteroatoms. The lowest BCUT2D eigenvalue weighted by atomic mass is 9.99. The molecule has 110 valence electrons. The number of nitrogens with one attached hydrogen (secondary N) is 1. The van der Waals surface area contributed by atoms with Gasteiger partial charge in [-0.15, -0.1) is 11.3 Å². The van der Waals surface area contributed by atoms with E-state index in [4.69, 9.17) is 4.74 Å². The van der Waals surface area contributed by atoms with E-state index in [-0.39, 0.29) is 18.3 Å². The Balaban J connectivity index is 2.08. The molecule has 0 spiro atoms. The standard InChI is InChI=1S/C15H14FNO3S/c1-20-15(19)12(10-4-6-11(16)7-5-10)9-17-14(18)13-3-2-8-21-13/h2-8,12H,9H2,1H3,(H,17,18)/t12-/m1/s1. The maximum absolute atomic E-state index is 12.9. The van der Waals surface area contributed by atoms with Crippen molar-refractivity contribution in [3.8, 4) is 0 Å². The first kappa shape index (κ1) is 15.2. The van der Waals surface area contributed by atoms with Gasteiger partial charge in [-0.05, 0) is 29.1 Å². The molecule has 0 bridgehead atoms. The molecule has 0 radical (unpaired) electrons. The number of esters is 1. The van der Waals surface area contributed by atoms with Crippen molar-refractivity contribution in [1.82, 2.24) is 5.32 Å². The van der Waals surface area contributed by atoms with E-state index in [9.17, 15) is 14.0 Å². The van der Waals surface area contributed by atoms with Gasteiger partial charge in [0.05, 0.1) is 17.9 Å². The van der Waals surface area contributed by atoms with Gasteiger partial charge in [0, 0.05) is 6.54 Å². The maximum atomic E-state index is 12.9.